The average molecular weight is 349 g/mol. The molecular formula is C22H36O3. The van der Waals surface area contributed by atoms with Crippen LogP contribution in [0.1, 0.15) is 79.1 Å². The predicted octanol–water partition coefficient (Wildman–Crippen LogP) is 4.57. The maximum atomic E-state index is 11.9. The summed E-state index contributed by atoms with van der Waals surface area (Å²) in [6, 6.07) is 0. The van der Waals surface area contributed by atoms with E-state index in [0.717, 1.165) is 31.6 Å². The van der Waals surface area contributed by atoms with Gasteiger partial charge in [-0.2, -0.15) is 0 Å². The van der Waals surface area contributed by atoms with Crippen LogP contribution in [0.5, 0.6) is 0 Å². The van der Waals surface area contributed by atoms with E-state index in [2.05, 4.69) is 20.8 Å². The average Bonchev–Trinajstić information content (AvgIpc) is 2.85. The molecule has 9 unspecified atom stereocenters. The Labute approximate surface area is 152 Å². The molecule has 0 radical (unpaired) electrons. The van der Waals surface area contributed by atoms with Gasteiger partial charge in [0.05, 0.1) is 6.10 Å². The molecule has 9 atom stereocenters. The first-order valence-corrected chi connectivity index (χ1v) is 10.6. The third kappa shape index (κ3) is 2.51. The van der Waals surface area contributed by atoms with Gasteiger partial charge in [0.1, 0.15) is 6.10 Å². The molecule has 0 aromatic carbocycles. The van der Waals surface area contributed by atoms with E-state index in [1.54, 1.807) is 6.92 Å². The molecule has 0 amide bonds. The summed E-state index contributed by atoms with van der Waals surface area (Å²) in [5, 5.41) is 10.2. The van der Waals surface area contributed by atoms with Crippen LogP contribution in [-0.4, -0.2) is 23.3 Å². The fraction of sp³-hybridized carbons (Fsp3) is 0.955. The Morgan fingerprint density at radius 1 is 1.04 bits per heavy atom. The van der Waals surface area contributed by atoms with Crippen molar-refractivity contribution in [1.29, 1.82) is 0 Å². The Balaban J connectivity index is 1.68. The van der Waals surface area contributed by atoms with Gasteiger partial charge in [-0.1, -0.05) is 20.8 Å². The largest absolute Gasteiger partial charge is 0.462 e. The minimum Gasteiger partial charge on any atom is -0.462 e. The van der Waals surface area contributed by atoms with Crippen LogP contribution in [0.2, 0.25) is 0 Å². The molecule has 0 saturated heterocycles. The summed E-state index contributed by atoms with van der Waals surface area (Å²) in [5.41, 5.74) is 0.484. The van der Waals surface area contributed by atoms with Gasteiger partial charge in [-0.3, -0.25) is 4.79 Å². The summed E-state index contributed by atoms with van der Waals surface area (Å²) < 4.78 is 5.99. The van der Waals surface area contributed by atoms with E-state index in [0.29, 0.717) is 29.1 Å². The third-order valence-electron chi connectivity index (χ3n) is 9.48. The van der Waals surface area contributed by atoms with E-state index in [-0.39, 0.29) is 23.6 Å². The summed E-state index contributed by atoms with van der Waals surface area (Å²) in [5.74, 6) is 3.33. The number of aliphatic hydroxyl groups is 1. The second-order valence-electron chi connectivity index (χ2n) is 10.3. The summed E-state index contributed by atoms with van der Waals surface area (Å²) in [4.78, 5) is 11.9. The molecule has 3 nitrogen and oxygen atoms in total. The van der Waals surface area contributed by atoms with Gasteiger partial charge in [-0.15, -0.1) is 0 Å². The summed E-state index contributed by atoms with van der Waals surface area (Å²) in [7, 11) is 0. The van der Waals surface area contributed by atoms with E-state index in [1.165, 1.54) is 25.7 Å². The van der Waals surface area contributed by atoms with E-state index in [9.17, 15) is 9.90 Å². The topological polar surface area (TPSA) is 46.5 Å². The van der Waals surface area contributed by atoms with Crippen molar-refractivity contribution in [2.24, 2.45) is 40.4 Å². The Bertz CT molecular complexity index is 545. The Morgan fingerprint density at radius 2 is 1.80 bits per heavy atom. The molecule has 0 bridgehead atoms. The second kappa shape index (κ2) is 5.97. The van der Waals surface area contributed by atoms with Crippen molar-refractivity contribution in [1.82, 2.24) is 0 Å². The lowest BCUT2D eigenvalue weighted by Gasteiger charge is -2.62. The Kier molecular flexibility index (Phi) is 4.26. The highest BCUT2D eigenvalue weighted by molar-refractivity contribution is 5.66. The maximum Gasteiger partial charge on any atom is 0.302 e. The van der Waals surface area contributed by atoms with E-state index < -0.39 is 0 Å². The highest BCUT2D eigenvalue weighted by atomic mass is 16.5. The summed E-state index contributed by atoms with van der Waals surface area (Å²) in [6.45, 7) is 8.86. The van der Waals surface area contributed by atoms with Crippen molar-refractivity contribution in [3.63, 3.8) is 0 Å². The van der Waals surface area contributed by atoms with Crippen molar-refractivity contribution >= 4 is 5.97 Å². The van der Waals surface area contributed by atoms with Crippen LogP contribution in [0.15, 0.2) is 0 Å². The van der Waals surface area contributed by atoms with Gasteiger partial charge in [-0.25, -0.2) is 0 Å². The van der Waals surface area contributed by atoms with Crippen molar-refractivity contribution in [2.75, 3.05) is 0 Å². The maximum absolute atomic E-state index is 11.9. The van der Waals surface area contributed by atoms with Crippen LogP contribution in [-0.2, 0) is 9.53 Å². The standard InChI is InChI=1S/C22H36O3/c1-13-5-8-18-17-7-6-15-11-16(24)9-10-21(15,3)19(17)12-20(22(13,18)4)25-14(2)23/h13,15-20,24H,5-12H2,1-4H3. The minimum atomic E-state index is -0.112. The number of esters is 1. The lowest BCUT2D eigenvalue weighted by atomic mass is 9.44. The van der Waals surface area contributed by atoms with Gasteiger partial charge in [0.2, 0.25) is 0 Å². The molecule has 0 spiro atoms. The first-order valence-electron chi connectivity index (χ1n) is 10.6. The van der Waals surface area contributed by atoms with Gasteiger partial charge < -0.3 is 9.84 Å². The molecule has 4 rings (SSSR count). The number of carbonyl (C=O) groups excluding carboxylic acids is 1. The highest BCUT2D eigenvalue weighted by Gasteiger charge is 2.63. The number of aliphatic hydroxyl groups excluding tert-OH is 1. The van der Waals surface area contributed by atoms with Gasteiger partial charge in [0, 0.05) is 12.3 Å². The molecular weight excluding hydrogens is 312 g/mol. The molecule has 0 aromatic heterocycles. The molecule has 4 aliphatic rings. The first-order chi connectivity index (χ1) is 11.8. The van der Waals surface area contributed by atoms with Crippen LogP contribution in [0.3, 0.4) is 0 Å². The zero-order valence-corrected chi connectivity index (χ0v) is 16.5. The smallest absolute Gasteiger partial charge is 0.302 e. The molecule has 3 heteroatoms. The fourth-order valence-corrected chi connectivity index (χ4v) is 7.85. The third-order valence-corrected chi connectivity index (χ3v) is 9.48. The van der Waals surface area contributed by atoms with Gasteiger partial charge in [0.25, 0.3) is 0 Å². The van der Waals surface area contributed by atoms with E-state index in [1.807, 2.05) is 0 Å². The van der Waals surface area contributed by atoms with Crippen LogP contribution < -0.4 is 0 Å². The number of rotatable bonds is 1. The summed E-state index contributed by atoms with van der Waals surface area (Å²) >= 11 is 0. The molecule has 1 N–H and O–H groups in total. The minimum absolute atomic E-state index is 0.0798. The first kappa shape index (κ1) is 17.8. The zero-order valence-electron chi connectivity index (χ0n) is 16.5. The molecule has 4 saturated carbocycles. The number of hydrogen-bond donors (Lipinski definition) is 1. The molecule has 0 aliphatic heterocycles. The molecule has 4 fully saturated rings. The fourth-order valence-electron chi connectivity index (χ4n) is 7.85. The van der Waals surface area contributed by atoms with Gasteiger partial charge >= 0.3 is 5.97 Å². The zero-order chi connectivity index (χ0) is 18.0. The van der Waals surface area contributed by atoms with Crippen LogP contribution in [0.25, 0.3) is 0 Å². The highest BCUT2D eigenvalue weighted by Crippen LogP contribution is 2.67. The Hall–Kier alpha value is -0.570. The molecule has 25 heavy (non-hydrogen) atoms. The molecule has 4 aliphatic carbocycles. The number of carbonyl (C=O) groups is 1. The number of fused-ring (bicyclic) bond motifs is 5. The van der Waals surface area contributed by atoms with E-state index >= 15 is 0 Å². The second-order valence-corrected chi connectivity index (χ2v) is 10.3. The molecule has 0 aromatic rings. The van der Waals surface area contributed by atoms with Crippen LogP contribution in [0.4, 0.5) is 0 Å². The van der Waals surface area contributed by atoms with Gasteiger partial charge in [0.15, 0.2) is 0 Å². The van der Waals surface area contributed by atoms with Crippen molar-refractivity contribution in [2.45, 2.75) is 91.3 Å². The van der Waals surface area contributed by atoms with E-state index in [4.69, 9.17) is 4.74 Å². The van der Waals surface area contributed by atoms with Crippen molar-refractivity contribution < 1.29 is 14.6 Å². The van der Waals surface area contributed by atoms with Crippen molar-refractivity contribution in [3.05, 3.63) is 0 Å². The summed E-state index contributed by atoms with van der Waals surface area (Å²) in [6.07, 6.45) is 9.29. The molecule has 142 valence electrons. The normalized spacial score (nSPS) is 55.0. The van der Waals surface area contributed by atoms with Crippen molar-refractivity contribution in [3.8, 4) is 0 Å². The number of ether oxygens (including phenoxy) is 1. The Morgan fingerprint density at radius 3 is 2.52 bits per heavy atom. The number of hydrogen-bond acceptors (Lipinski definition) is 3. The lowest BCUT2D eigenvalue weighted by Crippen LogP contribution is -2.59. The molecule has 0 heterocycles. The predicted molar refractivity (Wildman–Crippen MR) is 97.8 cm³/mol. The monoisotopic (exact) mass is 348 g/mol. The van der Waals surface area contributed by atoms with Crippen LogP contribution in [0, 0.1) is 40.4 Å². The quantitative estimate of drug-likeness (QED) is 0.706. The van der Waals surface area contributed by atoms with Crippen LogP contribution >= 0.6 is 0 Å². The SMILES string of the molecule is CC(=O)OC1CC2C(CCC3CC(O)CCC32C)C2CCC(C)C12C. The van der Waals surface area contributed by atoms with Gasteiger partial charge in [-0.05, 0) is 86.4 Å². The lowest BCUT2D eigenvalue weighted by molar-refractivity contribution is -0.192.